The van der Waals surface area contributed by atoms with Crippen LogP contribution < -0.4 is 5.32 Å². The second-order valence-electron chi connectivity index (χ2n) is 3.69. The van der Waals surface area contributed by atoms with Gasteiger partial charge < -0.3 is 5.32 Å². The molecule has 0 saturated heterocycles. The number of benzene rings is 1. The van der Waals surface area contributed by atoms with Gasteiger partial charge in [0.1, 0.15) is 0 Å². The zero-order valence-corrected chi connectivity index (χ0v) is 10.2. The summed E-state index contributed by atoms with van der Waals surface area (Å²) < 4.78 is 0. The molecular weight excluding hydrogens is 206 g/mol. The fourth-order valence-corrected chi connectivity index (χ4v) is 1.94. The summed E-state index contributed by atoms with van der Waals surface area (Å²) in [6, 6.07) is 8.39. The average molecular weight is 223 g/mol. The Balaban J connectivity index is 2.53. The first-order valence-corrected chi connectivity index (χ1v) is 6.05. The Morgan fingerprint density at radius 1 is 1.33 bits per heavy atom. The lowest BCUT2D eigenvalue weighted by Gasteiger charge is -2.06. The van der Waals surface area contributed by atoms with Crippen molar-refractivity contribution in [2.45, 2.75) is 24.7 Å². The summed E-state index contributed by atoms with van der Waals surface area (Å²) >= 11 is 1.56. The predicted octanol–water partition coefficient (Wildman–Crippen LogP) is 2.65. The highest BCUT2D eigenvalue weighted by molar-refractivity contribution is 8.00. The van der Waals surface area contributed by atoms with Gasteiger partial charge in [-0.1, -0.05) is 26.0 Å². The van der Waals surface area contributed by atoms with Crippen LogP contribution in [0, 0.1) is 0 Å². The number of hydrogen-bond acceptors (Lipinski definition) is 2. The molecule has 0 aliphatic rings. The molecule has 15 heavy (non-hydrogen) atoms. The smallest absolute Gasteiger partial charge is 0.230 e. The number of nitrogens with one attached hydrogen (secondary N) is 1. The van der Waals surface area contributed by atoms with Gasteiger partial charge in [-0.25, -0.2) is 0 Å². The fraction of sp³-hybridized carbons (Fsp3) is 0.417. The molecule has 3 heteroatoms. The maximum absolute atomic E-state index is 11.0. The van der Waals surface area contributed by atoms with Gasteiger partial charge in [-0.15, -0.1) is 11.8 Å². The summed E-state index contributed by atoms with van der Waals surface area (Å²) in [5.74, 6) is 1.10. The summed E-state index contributed by atoms with van der Waals surface area (Å²) in [6.07, 6.45) is 0. The van der Waals surface area contributed by atoms with Crippen molar-refractivity contribution in [2.75, 3.05) is 12.8 Å². The lowest BCUT2D eigenvalue weighted by Crippen LogP contribution is -2.19. The van der Waals surface area contributed by atoms with E-state index in [9.17, 15) is 4.79 Å². The quantitative estimate of drug-likeness (QED) is 0.795. The molecule has 0 atom stereocenters. The standard InChI is InChI=1S/C12H17NOS/c1-9(2)10-4-6-11(7-5-10)15-8-12(14)13-3/h4-7,9H,8H2,1-3H3,(H,13,14). The lowest BCUT2D eigenvalue weighted by molar-refractivity contribution is -0.118. The van der Waals surface area contributed by atoms with Crippen LogP contribution in [0.5, 0.6) is 0 Å². The largest absolute Gasteiger partial charge is 0.358 e. The Morgan fingerprint density at radius 2 is 1.93 bits per heavy atom. The topological polar surface area (TPSA) is 29.1 Å². The van der Waals surface area contributed by atoms with Gasteiger partial charge in [-0.2, -0.15) is 0 Å². The first-order chi connectivity index (χ1) is 7.13. The van der Waals surface area contributed by atoms with Crippen LogP contribution >= 0.6 is 11.8 Å². The number of thioether (sulfide) groups is 1. The predicted molar refractivity (Wildman–Crippen MR) is 65.3 cm³/mol. The van der Waals surface area contributed by atoms with Crippen molar-refractivity contribution >= 4 is 17.7 Å². The summed E-state index contributed by atoms with van der Waals surface area (Å²) in [6.45, 7) is 4.35. The zero-order valence-electron chi connectivity index (χ0n) is 9.41. The first kappa shape index (κ1) is 12.1. The van der Waals surface area contributed by atoms with Gasteiger partial charge in [-0.05, 0) is 23.6 Å². The minimum absolute atomic E-state index is 0.0629. The van der Waals surface area contributed by atoms with E-state index in [1.54, 1.807) is 18.8 Å². The van der Waals surface area contributed by atoms with Crippen molar-refractivity contribution in [3.63, 3.8) is 0 Å². The second-order valence-corrected chi connectivity index (χ2v) is 4.73. The van der Waals surface area contributed by atoms with Gasteiger partial charge in [0.2, 0.25) is 5.91 Å². The SMILES string of the molecule is CNC(=O)CSc1ccc(C(C)C)cc1. The first-order valence-electron chi connectivity index (χ1n) is 5.07. The van der Waals surface area contributed by atoms with Gasteiger partial charge in [-0.3, -0.25) is 4.79 Å². The minimum Gasteiger partial charge on any atom is -0.358 e. The Hall–Kier alpha value is -0.960. The van der Waals surface area contributed by atoms with Gasteiger partial charge in [0, 0.05) is 11.9 Å². The molecule has 0 heterocycles. The Bertz CT molecular complexity index is 319. The van der Waals surface area contributed by atoms with Crippen molar-refractivity contribution in [2.24, 2.45) is 0 Å². The number of carbonyl (C=O) groups is 1. The number of hydrogen-bond donors (Lipinski definition) is 1. The van der Waals surface area contributed by atoms with E-state index in [1.165, 1.54) is 5.56 Å². The summed E-state index contributed by atoms with van der Waals surface area (Å²) in [4.78, 5) is 12.2. The maximum Gasteiger partial charge on any atom is 0.230 e. The van der Waals surface area contributed by atoms with Crippen LogP contribution in [-0.2, 0) is 4.79 Å². The van der Waals surface area contributed by atoms with Crippen LogP contribution in [0.4, 0.5) is 0 Å². The van der Waals surface area contributed by atoms with E-state index in [4.69, 9.17) is 0 Å². The Kier molecular flexibility index (Phi) is 4.69. The minimum atomic E-state index is 0.0629. The molecule has 0 spiro atoms. The Morgan fingerprint density at radius 3 is 2.40 bits per heavy atom. The Labute approximate surface area is 95.5 Å². The molecule has 0 aliphatic carbocycles. The van der Waals surface area contributed by atoms with E-state index in [2.05, 4.69) is 43.4 Å². The summed E-state index contributed by atoms with van der Waals surface area (Å²) in [7, 11) is 1.66. The van der Waals surface area contributed by atoms with E-state index in [1.807, 2.05) is 0 Å². The molecule has 0 unspecified atom stereocenters. The highest BCUT2D eigenvalue weighted by atomic mass is 32.2. The van der Waals surface area contributed by atoms with Crippen LogP contribution in [0.2, 0.25) is 0 Å². The molecule has 1 aromatic rings. The fourth-order valence-electron chi connectivity index (χ4n) is 1.17. The van der Waals surface area contributed by atoms with E-state index >= 15 is 0 Å². The zero-order chi connectivity index (χ0) is 11.3. The molecule has 0 aliphatic heterocycles. The summed E-state index contributed by atoms with van der Waals surface area (Å²) in [5.41, 5.74) is 1.33. The van der Waals surface area contributed by atoms with E-state index in [0.717, 1.165) is 4.90 Å². The van der Waals surface area contributed by atoms with Crippen LogP contribution in [0.3, 0.4) is 0 Å². The van der Waals surface area contributed by atoms with Crippen molar-refractivity contribution in [3.05, 3.63) is 29.8 Å². The molecule has 1 rings (SSSR count). The number of rotatable bonds is 4. The number of carbonyl (C=O) groups excluding carboxylic acids is 1. The highest BCUT2D eigenvalue weighted by Crippen LogP contribution is 2.21. The maximum atomic E-state index is 11.0. The van der Waals surface area contributed by atoms with Crippen LogP contribution in [0.1, 0.15) is 25.3 Å². The second kappa shape index (κ2) is 5.81. The van der Waals surface area contributed by atoms with E-state index in [-0.39, 0.29) is 5.91 Å². The molecule has 1 N–H and O–H groups in total. The van der Waals surface area contributed by atoms with Crippen LogP contribution in [0.15, 0.2) is 29.2 Å². The highest BCUT2D eigenvalue weighted by Gasteiger charge is 2.01. The third-order valence-corrected chi connectivity index (χ3v) is 3.21. The molecule has 0 bridgehead atoms. The van der Waals surface area contributed by atoms with Crippen molar-refractivity contribution < 1.29 is 4.79 Å². The molecule has 0 saturated carbocycles. The van der Waals surface area contributed by atoms with E-state index in [0.29, 0.717) is 11.7 Å². The third kappa shape index (κ3) is 3.96. The molecule has 0 aromatic heterocycles. The molecule has 0 fully saturated rings. The third-order valence-electron chi connectivity index (χ3n) is 2.20. The lowest BCUT2D eigenvalue weighted by atomic mass is 10.0. The van der Waals surface area contributed by atoms with Gasteiger partial charge in [0.05, 0.1) is 5.75 Å². The van der Waals surface area contributed by atoms with Crippen molar-refractivity contribution in [3.8, 4) is 0 Å². The molecule has 0 radical (unpaired) electrons. The van der Waals surface area contributed by atoms with Crippen molar-refractivity contribution in [1.29, 1.82) is 0 Å². The molecule has 82 valence electrons. The molecule has 1 amide bonds. The monoisotopic (exact) mass is 223 g/mol. The molecular formula is C12H17NOS. The number of amides is 1. The van der Waals surface area contributed by atoms with Gasteiger partial charge in [0.15, 0.2) is 0 Å². The average Bonchev–Trinajstić information content (AvgIpc) is 2.26. The van der Waals surface area contributed by atoms with Gasteiger partial charge >= 0.3 is 0 Å². The van der Waals surface area contributed by atoms with E-state index < -0.39 is 0 Å². The summed E-state index contributed by atoms with van der Waals surface area (Å²) in [5, 5.41) is 2.61. The van der Waals surface area contributed by atoms with Crippen LogP contribution in [0.25, 0.3) is 0 Å². The normalized spacial score (nSPS) is 10.4. The molecule has 1 aromatic carbocycles. The van der Waals surface area contributed by atoms with Crippen molar-refractivity contribution in [1.82, 2.24) is 5.32 Å². The van der Waals surface area contributed by atoms with Gasteiger partial charge in [0.25, 0.3) is 0 Å². The van der Waals surface area contributed by atoms with Crippen LogP contribution in [-0.4, -0.2) is 18.7 Å². The molecule has 2 nitrogen and oxygen atoms in total.